The molecule has 0 atom stereocenters. The monoisotopic (exact) mass is 236 g/mol. The second-order valence-electron chi connectivity index (χ2n) is 3.26. The minimum absolute atomic E-state index is 0.345. The van der Waals surface area contributed by atoms with E-state index in [1.807, 2.05) is 12.1 Å². The Bertz CT molecular complexity index is 410. The van der Waals surface area contributed by atoms with Gasteiger partial charge in [-0.15, -0.1) is 0 Å². The fourth-order valence-electron chi connectivity index (χ4n) is 1.26. The Kier molecular flexibility index (Phi) is 5.07. The summed E-state index contributed by atoms with van der Waals surface area (Å²) in [5.41, 5.74) is 0. The molecule has 17 heavy (non-hydrogen) atoms. The average molecular weight is 236 g/mol. The molecule has 0 bridgehead atoms. The number of hydrogen-bond acceptors (Lipinski definition) is 4. The highest BCUT2D eigenvalue weighted by Crippen LogP contribution is 2.27. The van der Waals surface area contributed by atoms with Crippen molar-refractivity contribution >= 4 is 5.97 Å². The average Bonchev–Trinajstić information content (AvgIpc) is 2.29. The molecular weight excluding hydrogens is 220 g/mol. The highest BCUT2D eigenvalue weighted by atomic mass is 16.5. The van der Waals surface area contributed by atoms with Gasteiger partial charge in [0.05, 0.1) is 19.8 Å². The van der Waals surface area contributed by atoms with Crippen molar-refractivity contribution in [1.29, 1.82) is 0 Å². The molecule has 0 aliphatic heterocycles. The molecule has 0 unspecified atom stereocenters. The maximum atomic E-state index is 11.2. The van der Waals surface area contributed by atoms with E-state index in [4.69, 9.17) is 14.2 Å². The molecule has 0 saturated heterocycles. The lowest BCUT2D eigenvalue weighted by Crippen LogP contribution is -2.03. The molecule has 1 aromatic carbocycles. The Morgan fingerprint density at radius 2 is 1.94 bits per heavy atom. The van der Waals surface area contributed by atoms with Gasteiger partial charge in [-0.3, -0.25) is 0 Å². The van der Waals surface area contributed by atoms with Gasteiger partial charge in [-0.25, -0.2) is 4.79 Å². The molecule has 0 aromatic heterocycles. The smallest absolute Gasteiger partial charge is 0.334 e. The number of allylic oxidation sites excluding steroid dienone is 1. The van der Waals surface area contributed by atoms with Gasteiger partial charge in [0.2, 0.25) is 0 Å². The summed E-state index contributed by atoms with van der Waals surface area (Å²) in [4.78, 5) is 11.2. The number of ether oxygens (including phenoxy) is 3. The molecule has 0 N–H and O–H groups in total. The van der Waals surface area contributed by atoms with E-state index in [-0.39, 0.29) is 0 Å². The molecule has 4 heteroatoms. The zero-order chi connectivity index (χ0) is 12.7. The Hall–Kier alpha value is -1.97. The normalized spacial score (nSPS) is 10.9. The predicted molar refractivity (Wildman–Crippen MR) is 64.0 cm³/mol. The topological polar surface area (TPSA) is 44.8 Å². The molecule has 0 radical (unpaired) electrons. The molecule has 1 aromatic rings. The van der Waals surface area contributed by atoms with Gasteiger partial charge in [0.25, 0.3) is 0 Å². The molecule has 0 aliphatic carbocycles. The van der Waals surface area contributed by atoms with Crippen LogP contribution < -0.4 is 9.47 Å². The van der Waals surface area contributed by atoms with E-state index in [1.165, 1.54) is 6.08 Å². The number of carbonyl (C=O) groups excluding carboxylic acids is 1. The summed E-state index contributed by atoms with van der Waals surface area (Å²) >= 11 is 0. The minimum atomic E-state index is -0.417. The highest BCUT2D eigenvalue weighted by molar-refractivity contribution is 5.82. The molecule has 0 aliphatic rings. The van der Waals surface area contributed by atoms with Gasteiger partial charge < -0.3 is 14.2 Å². The van der Waals surface area contributed by atoms with Gasteiger partial charge >= 0.3 is 5.97 Å². The number of esters is 1. The lowest BCUT2D eigenvalue weighted by atomic mass is 10.3. The third-order valence-corrected chi connectivity index (χ3v) is 1.95. The first-order valence-corrected chi connectivity index (χ1v) is 5.33. The van der Waals surface area contributed by atoms with Crippen molar-refractivity contribution in [3.8, 4) is 11.5 Å². The summed E-state index contributed by atoms with van der Waals surface area (Å²) in [7, 11) is 1.56. The fraction of sp³-hybridized carbons (Fsp3) is 0.308. The van der Waals surface area contributed by atoms with Crippen LogP contribution in [0.25, 0.3) is 0 Å². The standard InChI is InChI=1S/C13H16O4/c1-4-16-13(14)9-10(2)17-12-8-6-5-7-11(12)15-3/h5-9H,4H2,1-3H3. The molecule has 0 spiro atoms. The largest absolute Gasteiger partial charge is 0.493 e. The molecular formula is C13H16O4. The van der Waals surface area contributed by atoms with E-state index >= 15 is 0 Å². The first-order chi connectivity index (χ1) is 8.17. The van der Waals surface area contributed by atoms with Crippen molar-refractivity contribution in [3.05, 3.63) is 36.1 Å². The van der Waals surface area contributed by atoms with Crippen LogP contribution in [0.5, 0.6) is 11.5 Å². The van der Waals surface area contributed by atoms with Crippen LogP contribution in [0.2, 0.25) is 0 Å². The third kappa shape index (κ3) is 4.18. The van der Waals surface area contributed by atoms with Crippen molar-refractivity contribution < 1.29 is 19.0 Å². The van der Waals surface area contributed by atoms with E-state index in [1.54, 1.807) is 33.1 Å². The Balaban J connectivity index is 2.73. The minimum Gasteiger partial charge on any atom is -0.493 e. The highest BCUT2D eigenvalue weighted by Gasteiger charge is 2.05. The molecule has 92 valence electrons. The second-order valence-corrected chi connectivity index (χ2v) is 3.26. The number of benzene rings is 1. The number of carbonyl (C=O) groups is 1. The maximum absolute atomic E-state index is 11.2. The SMILES string of the molecule is CCOC(=O)C=C(C)Oc1ccccc1OC. The molecule has 0 fully saturated rings. The van der Waals surface area contributed by atoms with Crippen molar-refractivity contribution in [2.24, 2.45) is 0 Å². The number of methoxy groups -OCH3 is 1. The maximum Gasteiger partial charge on any atom is 0.334 e. The van der Waals surface area contributed by atoms with Crippen LogP contribution in [-0.2, 0) is 9.53 Å². The van der Waals surface area contributed by atoms with E-state index < -0.39 is 5.97 Å². The van der Waals surface area contributed by atoms with Gasteiger partial charge in [0, 0.05) is 0 Å². The molecule has 0 amide bonds. The predicted octanol–water partition coefficient (Wildman–Crippen LogP) is 2.54. The zero-order valence-electron chi connectivity index (χ0n) is 10.2. The molecule has 0 saturated carbocycles. The molecule has 1 rings (SSSR count). The summed E-state index contributed by atoms with van der Waals surface area (Å²) in [6.45, 7) is 3.78. The summed E-state index contributed by atoms with van der Waals surface area (Å²) in [5, 5.41) is 0. The number of rotatable bonds is 5. The van der Waals surface area contributed by atoms with Gasteiger partial charge in [-0.1, -0.05) is 12.1 Å². The first kappa shape index (κ1) is 13.1. The van der Waals surface area contributed by atoms with Crippen LogP contribution in [0.4, 0.5) is 0 Å². The van der Waals surface area contributed by atoms with Crippen molar-refractivity contribution in [3.63, 3.8) is 0 Å². The Morgan fingerprint density at radius 3 is 2.53 bits per heavy atom. The Morgan fingerprint density at radius 1 is 1.29 bits per heavy atom. The lowest BCUT2D eigenvalue weighted by Gasteiger charge is -2.09. The third-order valence-electron chi connectivity index (χ3n) is 1.95. The summed E-state index contributed by atoms with van der Waals surface area (Å²) < 4.78 is 15.4. The van der Waals surface area contributed by atoms with Gasteiger partial charge in [0.1, 0.15) is 5.76 Å². The van der Waals surface area contributed by atoms with Crippen LogP contribution in [-0.4, -0.2) is 19.7 Å². The zero-order valence-corrected chi connectivity index (χ0v) is 10.2. The fourth-order valence-corrected chi connectivity index (χ4v) is 1.26. The van der Waals surface area contributed by atoms with Crippen LogP contribution in [0.15, 0.2) is 36.1 Å². The Labute approximate surface area is 101 Å². The van der Waals surface area contributed by atoms with E-state index in [9.17, 15) is 4.79 Å². The van der Waals surface area contributed by atoms with Crippen LogP contribution in [0.3, 0.4) is 0 Å². The van der Waals surface area contributed by atoms with Crippen molar-refractivity contribution in [2.75, 3.05) is 13.7 Å². The van der Waals surface area contributed by atoms with E-state index in [2.05, 4.69) is 0 Å². The van der Waals surface area contributed by atoms with E-state index in [0.717, 1.165) is 0 Å². The molecule has 4 nitrogen and oxygen atoms in total. The number of hydrogen-bond donors (Lipinski definition) is 0. The second kappa shape index (κ2) is 6.58. The summed E-state index contributed by atoms with van der Waals surface area (Å²) in [6.07, 6.45) is 1.30. The van der Waals surface area contributed by atoms with Gasteiger partial charge in [0.15, 0.2) is 11.5 Å². The van der Waals surface area contributed by atoms with Crippen molar-refractivity contribution in [1.82, 2.24) is 0 Å². The first-order valence-electron chi connectivity index (χ1n) is 5.33. The molecule has 0 heterocycles. The summed E-state index contributed by atoms with van der Waals surface area (Å²) in [6, 6.07) is 7.22. The van der Waals surface area contributed by atoms with Crippen LogP contribution in [0.1, 0.15) is 13.8 Å². The van der Waals surface area contributed by atoms with Gasteiger partial charge in [-0.05, 0) is 26.0 Å². The van der Waals surface area contributed by atoms with Crippen LogP contribution in [0, 0.1) is 0 Å². The summed E-state index contributed by atoms with van der Waals surface area (Å²) in [5.74, 6) is 1.21. The van der Waals surface area contributed by atoms with Crippen molar-refractivity contribution in [2.45, 2.75) is 13.8 Å². The quantitative estimate of drug-likeness (QED) is 0.447. The van der Waals surface area contributed by atoms with Gasteiger partial charge in [-0.2, -0.15) is 0 Å². The van der Waals surface area contributed by atoms with Crippen LogP contribution >= 0.6 is 0 Å². The number of para-hydroxylation sites is 2. The van der Waals surface area contributed by atoms with E-state index in [0.29, 0.717) is 23.9 Å². The lowest BCUT2D eigenvalue weighted by molar-refractivity contribution is -0.137.